The number of halogens is 3. The zero-order valence-corrected chi connectivity index (χ0v) is 7.45. The molecule has 0 atom stereocenters. The third kappa shape index (κ3) is 1.15. The van der Waals surface area contributed by atoms with Gasteiger partial charge in [0.25, 0.3) is 0 Å². The predicted molar refractivity (Wildman–Crippen MR) is 41.5 cm³/mol. The van der Waals surface area contributed by atoms with Crippen molar-refractivity contribution in [3.8, 4) is 0 Å². The maximum absolute atomic E-state index is 12.7. The maximum atomic E-state index is 12.7. The molecule has 1 aliphatic carbocycles. The molecule has 0 amide bonds. The molecule has 1 saturated carbocycles. The van der Waals surface area contributed by atoms with Crippen molar-refractivity contribution >= 4 is 11.3 Å². The third-order valence-electron chi connectivity index (χ3n) is 2.52. The standard InChI is InChI=1S/C7H7F3N2S/c8-7(9,10)6(2-1-3-6)5-12-11-4-13-5/h4H,1-3H2. The van der Waals surface area contributed by atoms with E-state index in [1.54, 1.807) is 0 Å². The van der Waals surface area contributed by atoms with E-state index in [4.69, 9.17) is 0 Å². The SMILES string of the molecule is FC(F)(F)C1(c2nncs2)CCC1. The normalized spacial score (nSPS) is 21.2. The first-order valence-electron chi connectivity index (χ1n) is 3.90. The van der Waals surface area contributed by atoms with E-state index in [0.717, 1.165) is 11.3 Å². The lowest BCUT2D eigenvalue weighted by molar-refractivity contribution is -0.212. The fourth-order valence-electron chi connectivity index (χ4n) is 1.53. The molecule has 6 heteroatoms. The Kier molecular flexibility index (Phi) is 1.83. The first-order chi connectivity index (χ1) is 6.06. The predicted octanol–water partition coefficient (Wildman–Crippen LogP) is 2.52. The van der Waals surface area contributed by atoms with Gasteiger partial charge < -0.3 is 0 Å². The van der Waals surface area contributed by atoms with Crippen molar-refractivity contribution in [1.29, 1.82) is 0 Å². The molecule has 1 aliphatic rings. The number of nitrogens with zero attached hydrogens (tertiary/aromatic N) is 2. The van der Waals surface area contributed by atoms with Gasteiger partial charge in [-0.3, -0.25) is 0 Å². The highest BCUT2D eigenvalue weighted by Crippen LogP contribution is 2.54. The van der Waals surface area contributed by atoms with Gasteiger partial charge in [-0.05, 0) is 12.8 Å². The van der Waals surface area contributed by atoms with E-state index in [0.29, 0.717) is 6.42 Å². The van der Waals surface area contributed by atoms with Crippen molar-refractivity contribution < 1.29 is 13.2 Å². The zero-order chi connectivity index (χ0) is 9.53. The smallest absolute Gasteiger partial charge is 0.170 e. The summed E-state index contributed by atoms with van der Waals surface area (Å²) in [5.41, 5.74) is -0.324. The Balaban J connectivity index is 2.37. The molecule has 0 N–H and O–H groups in total. The van der Waals surface area contributed by atoms with Gasteiger partial charge in [-0.15, -0.1) is 21.5 Å². The van der Waals surface area contributed by atoms with Crippen LogP contribution in [0.2, 0.25) is 0 Å². The van der Waals surface area contributed by atoms with Crippen molar-refractivity contribution in [2.75, 3.05) is 0 Å². The highest BCUT2D eigenvalue weighted by Gasteiger charge is 2.61. The van der Waals surface area contributed by atoms with Crippen LogP contribution in [-0.2, 0) is 5.41 Å². The summed E-state index contributed by atoms with van der Waals surface area (Å²) in [6, 6.07) is 0. The molecule has 2 rings (SSSR count). The van der Waals surface area contributed by atoms with Crippen molar-refractivity contribution in [3.63, 3.8) is 0 Å². The second-order valence-corrected chi connectivity index (χ2v) is 4.01. The second-order valence-electron chi connectivity index (χ2n) is 3.18. The van der Waals surface area contributed by atoms with Gasteiger partial charge in [-0.1, -0.05) is 6.42 Å². The number of hydrogen-bond acceptors (Lipinski definition) is 3. The lowest BCUT2D eigenvalue weighted by Gasteiger charge is -2.40. The average molecular weight is 208 g/mol. The third-order valence-corrected chi connectivity index (χ3v) is 3.41. The molecule has 72 valence electrons. The Labute approximate surface area is 76.8 Å². The topological polar surface area (TPSA) is 25.8 Å². The summed E-state index contributed by atoms with van der Waals surface area (Å²) >= 11 is 0.990. The van der Waals surface area contributed by atoms with Gasteiger partial charge in [0, 0.05) is 0 Å². The summed E-state index contributed by atoms with van der Waals surface area (Å²) in [4.78, 5) is 0. The van der Waals surface area contributed by atoms with Crippen LogP contribution in [0.1, 0.15) is 24.3 Å². The van der Waals surface area contributed by atoms with Crippen LogP contribution < -0.4 is 0 Å². The van der Waals surface area contributed by atoms with Crippen LogP contribution in [0.3, 0.4) is 0 Å². The largest absolute Gasteiger partial charge is 0.400 e. The minimum atomic E-state index is -4.18. The fraction of sp³-hybridized carbons (Fsp3) is 0.714. The van der Waals surface area contributed by atoms with Crippen LogP contribution in [0.5, 0.6) is 0 Å². The minimum absolute atomic E-state index is 0.117. The molecule has 0 radical (unpaired) electrons. The monoisotopic (exact) mass is 208 g/mol. The molecule has 0 saturated heterocycles. The van der Waals surface area contributed by atoms with Crippen LogP contribution in [0, 0.1) is 0 Å². The summed E-state index contributed by atoms with van der Waals surface area (Å²) in [5, 5.41) is 7.09. The highest BCUT2D eigenvalue weighted by atomic mass is 32.1. The fourth-order valence-corrected chi connectivity index (χ4v) is 2.36. The van der Waals surface area contributed by atoms with Gasteiger partial charge in [0.2, 0.25) is 0 Å². The highest BCUT2D eigenvalue weighted by molar-refractivity contribution is 7.09. The van der Waals surface area contributed by atoms with Crippen molar-refractivity contribution in [1.82, 2.24) is 10.2 Å². The number of aromatic nitrogens is 2. The summed E-state index contributed by atoms with van der Waals surface area (Å²) in [6.45, 7) is 0. The number of rotatable bonds is 1. The first kappa shape index (κ1) is 8.93. The van der Waals surface area contributed by atoms with Gasteiger partial charge in [-0.2, -0.15) is 13.2 Å². The molecule has 1 heterocycles. The van der Waals surface area contributed by atoms with Crippen LogP contribution in [0.4, 0.5) is 13.2 Å². The number of alkyl halides is 3. The van der Waals surface area contributed by atoms with Crippen LogP contribution in [0.25, 0.3) is 0 Å². The minimum Gasteiger partial charge on any atom is -0.170 e. The molecule has 0 bridgehead atoms. The average Bonchev–Trinajstić information content (AvgIpc) is 2.32. The van der Waals surface area contributed by atoms with Gasteiger partial charge in [0.05, 0.1) is 0 Å². The summed E-state index contributed by atoms with van der Waals surface area (Å²) < 4.78 is 38.0. The molecule has 1 aromatic heterocycles. The summed E-state index contributed by atoms with van der Waals surface area (Å²) in [5.74, 6) is 0. The Morgan fingerprint density at radius 3 is 2.38 bits per heavy atom. The molecular weight excluding hydrogens is 201 g/mol. The summed E-state index contributed by atoms with van der Waals surface area (Å²) in [7, 11) is 0. The van der Waals surface area contributed by atoms with Crippen LogP contribution in [0.15, 0.2) is 5.51 Å². The van der Waals surface area contributed by atoms with E-state index in [2.05, 4.69) is 10.2 Å². The Bertz CT molecular complexity index is 289. The van der Waals surface area contributed by atoms with E-state index in [9.17, 15) is 13.2 Å². The van der Waals surface area contributed by atoms with E-state index in [1.807, 2.05) is 0 Å². The van der Waals surface area contributed by atoms with Crippen LogP contribution >= 0.6 is 11.3 Å². The first-order valence-corrected chi connectivity index (χ1v) is 4.78. The Morgan fingerprint density at radius 1 is 1.38 bits per heavy atom. The quantitative estimate of drug-likeness (QED) is 0.708. The van der Waals surface area contributed by atoms with Crippen molar-refractivity contribution in [3.05, 3.63) is 10.5 Å². The summed E-state index contributed by atoms with van der Waals surface area (Å²) in [6.07, 6.45) is -3.23. The van der Waals surface area contributed by atoms with Crippen molar-refractivity contribution in [2.45, 2.75) is 30.9 Å². The lowest BCUT2D eigenvalue weighted by Crippen LogP contribution is -2.47. The van der Waals surface area contributed by atoms with E-state index < -0.39 is 11.6 Å². The Morgan fingerprint density at radius 2 is 2.08 bits per heavy atom. The van der Waals surface area contributed by atoms with Gasteiger partial charge >= 0.3 is 6.18 Å². The Hall–Kier alpha value is -0.650. The molecular formula is C7H7F3N2S. The molecule has 13 heavy (non-hydrogen) atoms. The van der Waals surface area contributed by atoms with Gasteiger partial charge in [0.15, 0.2) is 0 Å². The molecule has 1 aromatic rings. The van der Waals surface area contributed by atoms with E-state index >= 15 is 0 Å². The van der Waals surface area contributed by atoms with E-state index in [-0.39, 0.29) is 17.8 Å². The van der Waals surface area contributed by atoms with Crippen LogP contribution in [-0.4, -0.2) is 16.4 Å². The van der Waals surface area contributed by atoms with Crippen molar-refractivity contribution in [2.24, 2.45) is 0 Å². The number of hydrogen-bond donors (Lipinski definition) is 0. The zero-order valence-electron chi connectivity index (χ0n) is 6.64. The maximum Gasteiger partial charge on any atom is 0.400 e. The molecule has 0 aliphatic heterocycles. The molecule has 0 unspecified atom stereocenters. The second kappa shape index (κ2) is 2.67. The molecule has 0 spiro atoms. The molecule has 1 fully saturated rings. The van der Waals surface area contributed by atoms with Gasteiger partial charge in [-0.25, -0.2) is 0 Å². The van der Waals surface area contributed by atoms with Gasteiger partial charge in [0.1, 0.15) is 15.9 Å². The molecule has 0 aromatic carbocycles. The molecule has 2 nitrogen and oxygen atoms in total. The van der Waals surface area contributed by atoms with E-state index in [1.165, 1.54) is 5.51 Å². The lowest BCUT2D eigenvalue weighted by atomic mass is 9.68.